The number of hydrogen-bond acceptors (Lipinski definition) is 3. The van der Waals surface area contributed by atoms with Crippen molar-refractivity contribution in [3.8, 4) is 11.8 Å². The number of nitrogens with zero attached hydrogens (tertiary/aromatic N) is 2. The Bertz CT molecular complexity index is 901. The molecular weight excluding hydrogens is 318 g/mol. The summed E-state index contributed by atoms with van der Waals surface area (Å²) in [5.74, 6) is 5.81. The summed E-state index contributed by atoms with van der Waals surface area (Å²) >= 11 is 0. The van der Waals surface area contributed by atoms with Crippen LogP contribution < -0.4 is 11.2 Å². The lowest BCUT2D eigenvalue weighted by molar-refractivity contribution is -0.131. The first-order chi connectivity index (χ1) is 12.0. The van der Waals surface area contributed by atoms with E-state index in [1.54, 1.807) is 11.8 Å². The number of nitrogens with one attached hydrogen (secondary N) is 1. The van der Waals surface area contributed by atoms with Crippen LogP contribution in [-0.2, 0) is 11.3 Å². The number of carbonyl (C=O) groups is 1. The third-order valence-corrected chi connectivity index (χ3v) is 3.62. The van der Waals surface area contributed by atoms with E-state index in [1.807, 2.05) is 37.3 Å². The van der Waals surface area contributed by atoms with Gasteiger partial charge in [-0.2, -0.15) is 0 Å². The molecule has 0 atom stereocenters. The Hall–Kier alpha value is -3.07. The molecule has 130 valence electrons. The number of amides is 1. The molecule has 0 fully saturated rings. The lowest BCUT2D eigenvalue weighted by Gasteiger charge is -2.20. The van der Waals surface area contributed by atoms with E-state index in [0.29, 0.717) is 18.7 Å². The van der Waals surface area contributed by atoms with Gasteiger partial charge in [0, 0.05) is 23.9 Å². The fourth-order valence-corrected chi connectivity index (χ4v) is 2.30. The van der Waals surface area contributed by atoms with Crippen LogP contribution in [-0.4, -0.2) is 33.4 Å². The zero-order chi connectivity index (χ0) is 18.2. The summed E-state index contributed by atoms with van der Waals surface area (Å²) in [5.41, 5.74) is 0.251. The molecule has 0 aliphatic carbocycles. The molecule has 0 radical (unpaired) electrons. The van der Waals surface area contributed by atoms with Crippen LogP contribution in [0.15, 0.2) is 46.1 Å². The van der Waals surface area contributed by atoms with Gasteiger partial charge in [-0.3, -0.25) is 19.1 Å². The minimum atomic E-state index is -0.587. The van der Waals surface area contributed by atoms with Gasteiger partial charge in [0.15, 0.2) is 0 Å². The van der Waals surface area contributed by atoms with E-state index in [0.717, 1.165) is 12.0 Å². The van der Waals surface area contributed by atoms with Crippen molar-refractivity contribution in [2.75, 3.05) is 13.1 Å². The molecule has 0 unspecified atom stereocenters. The fraction of sp³-hybridized carbons (Fsp3) is 0.316. The molecule has 6 nitrogen and oxygen atoms in total. The quantitative estimate of drug-likeness (QED) is 0.830. The molecular formula is C19H21N3O3. The number of rotatable bonds is 5. The zero-order valence-corrected chi connectivity index (χ0v) is 14.4. The van der Waals surface area contributed by atoms with Crippen molar-refractivity contribution in [3.63, 3.8) is 0 Å². The maximum absolute atomic E-state index is 12.5. The van der Waals surface area contributed by atoms with E-state index >= 15 is 0 Å². The van der Waals surface area contributed by atoms with Gasteiger partial charge < -0.3 is 4.90 Å². The summed E-state index contributed by atoms with van der Waals surface area (Å²) in [6.07, 6.45) is 2.19. The van der Waals surface area contributed by atoms with E-state index in [2.05, 4.69) is 16.8 Å². The van der Waals surface area contributed by atoms with Crippen LogP contribution >= 0.6 is 0 Å². The van der Waals surface area contributed by atoms with Crippen molar-refractivity contribution in [1.82, 2.24) is 14.5 Å². The van der Waals surface area contributed by atoms with Crippen LogP contribution in [0.2, 0.25) is 0 Å². The third-order valence-electron chi connectivity index (χ3n) is 3.62. The lowest BCUT2D eigenvalue weighted by atomic mass is 10.2. The normalized spacial score (nSPS) is 10.0. The highest BCUT2D eigenvalue weighted by Crippen LogP contribution is 1.98. The minimum absolute atomic E-state index is 0.122. The van der Waals surface area contributed by atoms with Crippen LogP contribution in [0.1, 0.15) is 24.5 Å². The van der Waals surface area contributed by atoms with Gasteiger partial charge in [-0.05, 0) is 25.5 Å². The van der Waals surface area contributed by atoms with E-state index in [9.17, 15) is 14.4 Å². The van der Waals surface area contributed by atoms with E-state index < -0.39 is 11.2 Å². The topological polar surface area (TPSA) is 75.2 Å². The number of hydrogen-bond donors (Lipinski definition) is 1. The summed E-state index contributed by atoms with van der Waals surface area (Å²) in [7, 11) is 0. The van der Waals surface area contributed by atoms with Gasteiger partial charge in [0.05, 0.1) is 6.54 Å². The zero-order valence-electron chi connectivity index (χ0n) is 14.4. The second-order valence-electron chi connectivity index (χ2n) is 5.68. The molecule has 6 heteroatoms. The first-order valence-corrected chi connectivity index (χ1v) is 8.13. The molecule has 1 amide bonds. The average Bonchev–Trinajstić information content (AvgIpc) is 2.59. The van der Waals surface area contributed by atoms with E-state index in [1.165, 1.54) is 10.8 Å². The highest BCUT2D eigenvalue weighted by atomic mass is 16.2. The summed E-state index contributed by atoms with van der Waals surface area (Å²) in [6, 6.07) is 9.54. The molecule has 0 bridgehead atoms. The van der Waals surface area contributed by atoms with Crippen LogP contribution in [0.25, 0.3) is 0 Å². The van der Waals surface area contributed by atoms with E-state index in [4.69, 9.17) is 0 Å². The number of aromatic nitrogens is 2. The Morgan fingerprint density at radius 2 is 1.96 bits per heavy atom. The van der Waals surface area contributed by atoms with Crippen molar-refractivity contribution in [2.45, 2.75) is 26.8 Å². The van der Waals surface area contributed by atoms with Gasteiger partial charge in [0.2, 0.25) is 5.91 Å². The predicted molar refractivity (Wildman–Crippen MR) is 96.3 cm³/mol. The molecule has 0 saturated heterocycles. The summed E-state index contributed by atoms with van der Waals surface area (Å²) in [4.78, 5) is 39.5. The molecule has 0 aliphatic rings. The Morgan fingerprint density at radius 1 is 1.24 bits per heavy atom. The number of H-pyrrole nitrogens is 1. The average molecular weight is 339 g/mol. The second-order valence-corrected chi connectivity index (χ2v) is 5.68. The SMILES string of the molecule is CCCN(CC#Cc1ccccc1)C(=O)Cn1cc(C)c(=O)[nH]c1=O. The molecule has 1 aromatic heterocycles. The summed E-state index contributed by atoms with van der Waals surface area (Å²) in [6.45, 7) is 4.29. The maximum atomic E-state index is 12.5. The first-order valence-electron chi connectivity index (χ1n) is 8.13. The van der Waals surface area contributed by atoms with Gasteiger partial charge in [-0.25, -0.2) is 4.79 Å². The maximum Gasteiger partial charge on any atom is 0.328 e. The van der Waals surface area contributed by atoms with Crippen LogP contribution in [0.3, 0.4) is 0 Å². The number of aryl methyl sites for hydroxylation is 1. The number of aromatic amines is 1. The molecule has 2 aromatic rings. The monoisotopic (exact) mass is 339 g/mol. The Kier molecular flexibility index (Phi) is 6.35. The molecule has 0 spiro atoms. The van der Waals surface area contributed by atoms with Gasteiger partial charge in [-0.15, -0.1) is 0 Å². The van der Waals surface area contributed by atoms with Crippen molar-refractivity contribution in [2.24, 2.45) is 0 Å². The largest absolute Gasteiger partial charge is 0.330 e. The molecule has 2 rings (SSSR count). The van der Waals surface area contributed by atoms with Crippen LogP contribution in [0.4, 0.5) is 0 Å². The third kappa shape index (κ3) is 5.21. The molecule has 0 aliphatic heterocycles. The highest BCUT2D eigenvalue weighted by molar-refractivity contribution is 5.76. The standard InChI is InChI=1S/C19H21N3O3/c1-3-11-21(12-7-10-16-8-5-4-6-9-16)17(23)14-22-13-15(2)18(24)20-19(22)25/h4-6,8-9,13H,3,11-12,14H2,1-2H3,(H,20,24,25). The highest BCUT2D eigenvalue weighted by Gasteiger charge is 2.13. The van der Waals surface area contributed by atoms with Gasteiger partial charge in [-0.1, -0.05) is 37.0 Å². The lowest BCUT2D eigenvalue weighted by Crippen LogP contribution is -2.39. The minimum Gasteiger partial charge on any atom is -0.330 e. The van der Waals surface area contributed by atoms with E-state index in [-0.39, 0.29) is 12.5 Å². The molecule has 0 saturated carbocycles. The van der Waals surface area contributed by atoms with Crippen molar-refractivity contribution >= 4 is 5.91 Å². The molecule has 1 heterocycles. The fourth-order valence-electron chi connectivity index (χ4n) is 2.30. The van der Waals surface area contributed by atoms with Crippen LogP contribution in [0, 0.1) is 18.8 Å². The Labute approximate surface area is 146 Å². The summed E-state index contributed by atoms with van der Waals surface area (Å²) in [5, 5.41) is 0. The van der Waals surface area contributed by atoms with Crippen molar-refractivity contribution in [3.05, 3.63) is 68.5 Å². The van der Waals surface area contributed by atoms with Gasteiger partial charge in [0.1, 0.15) is 6.54 Å². The van der Waals surface area contributed by atoms with Gasteiger partial charge >= 0.3 is 5.69 Å². The molecule has 1 N–H and O–H groups in total. The van der Waals surface area contributed by atoms with Crippen molar-refractivity contribution in [1.29, 1.82) is 0 Å². The number of carbonyl (C=O) groups excluding carboxylic acids is 1. The first kappa shape index (κ1) is 18.3. The molecule has 25 heavy (non-hydrogen) atoms. The Balaban J connectivity index is 2.10. The molecule has 1 aromatic carbocycles. The number of benzene rings is 1. The Morgan fingerprint density at radius 3 is 2.64 bits per heavy atom. The van der Waals surface area contributed by atoms with Crippen molar-refractivity contribution < 1.29 is 4.79 Å². The van der Waals surface area contributed by atoms with Gasteiger partial charge in [0.25, 0.3) is 5.56 Å². The predicted octanol–water partition coefficient (Wildman–Crippen LogP) is 1.14. The smallest absolute Gasteiger partial charge is 0.328 e. The second kappa shape index (κ2) is 8.69. The van der Waals surface area contributed by atoms with Crippen LogP contribution in [0.5, 0.6) is 0 Å². The summed E-state index contributed by atoms with van der Waals surface area (Å²) < 4.78 is 1.21.